The molecule has 0 aliphatic carbocycles. The van der Waals surface area contributed by atoms with Crippen LogP contribution in [0.2, 0.25) is 0 Å². The van der Waals surface area contributed by atoms with Crippen LogP contribution in [0.25, 0.3) is 0 Å². The van der Waals surface area contributed by atoms with Crippen molar-refractivity contribution in [2.24, 2.45) is 0 Å². The van der Waals surface area contributed by atoms with Gasteiger partial charge in [-0.05, 0) is 0 Å². The van der Waals surface area contributed by atoms with E-state index in [2.05, 4.69) is 10.3 Å². The molecule has 1 saturated heterocycles. The van der Waals surface area contributed by atoms with E-state index < -0.39 is 4.92 Å². The Morgan fingerprint density at radius 1 is 1.53 bits per heavy atom. The number of amides is 1. The summed E-state index contributed by atoms with van der Waals surface area (Å²) in [6.45, 7) is 1.18. The van der Waals surface area contributed by atoms with Crippen LogP contribution in [0.5, 0.6) is 0 Å². The van der Waals surface area contributed by atoms with Gasteiger partial charge in [-0.2, -0.15) is 0 Å². The van der Waals surface area contributed by atoms with Crippen LogP contribution in [0.1, 0.15) is 0 Å². The van der Waals surface area contributed by atoms with Crippen molar-refractivity contribution in [1.29, 1.82) is 0 Å². The largest absolute Gasteiger partial charge is 0.383 e. The molecule has 8 heteroatoms. The van der Waals surface area contributed by atoms with E-state index in [1.807, 2.05) is 0 Å². The van der Waals surface area contributed by atoms with Gasteiger partial charge in [0.15, 0.2) is 0 Å². The van der Waals surface area contributed by atoms with Crippen molar-refractivity contribution in [3.8, 4) is 0 Å². The van der Waals surface area contributed by atoms with Crippen molar-refractivity contribution in [2.45, 2.75) is 0 Å². The van der Waals surface area contributed by atoms with Crippen LogP contribution in [-0.4, -0.2) is 35.4 Å². The zero-order valence-corrected chi connectivity index (χ0v) is 8.92. The van der Waals surface area contributed by atoms with E-state index in [1.54, 1.807) is 4.90 Å². The van der Waals surface area contributed by atoms with Crippen LogP contribution >= 0.6 is 0 Å². The van der Waals surface area contributed by atoms with Gasteiger partial charge in [0, 0.05) is 13.1 Å². The average molecular weight is 237 g/mol. The molecule has 1 aromatic heterocycles. The zero-order chi connectivity index (χ0) is 12.4. The SMILES string of the molecule is Nc1cc([N+](=O)[O-])cc(N2CCNC(=O)C2)n1. The highest BCUT2D eigenvalue weighted by atomic mass is 16.6. The molecule has 3 N–H and O–H groups in total. The van der Waals surface area contributed by atoms with Crippen molar-refractivity contribution in [3.05, 3.63) is 22.2 Å². The lowest BCUT2D eigenvalue weighted by Gasteiger charge is -2.27. The molecule has 1 amide bonds. The molecule has 8 nitrogen and oxygen atoms in total. The third-order valence-corrected chi connectivity index (χ3v) is 2.39. The number of nitrogens with zero attached hydrogens (tertiary/aromatic N) is 3. The quantitative estimate of drug-likeness (QED) is 0.529. The molecule has 0 spiro atoms. The maximum atomic E-state index is 11.2. The second-order valence-corrected chi connectivity index (χ2v) is 3.64. The number of carbonyl (C=O) groups is 1. The fourth-order valence-electron chi connectivity index (χ4n) is 1.62. The highest BCUT2D eigenvalue weighted by Crippen LogP contribution is 2.22. The number of nitrogens with one attached hydrogen (secondary N) is 1. The minimum absolute atomic E-state index is 0.0696. The molecule has 2 heterocycles. The first-order valence-electron chi connectivity index (χ1n) is 5.00. The molecule has 0 radical (unpaired) electrons. The van der Waals surface area contributed by atoms with E-state index in [0.717, 1.165) is 0 Å². The van der Waals surface area contributed by atoms with Crippen LogP contribution in [0.4, 0.5) is 17.3 Å². The number of anilines is 2. The predicted molar refractivity (Wildman–Crippen MR) is 60.5 cm³/mol. The monoisotopic (exact) mass is 237 g/mol. The third-order valence-electron chi connectivity index (χ3n) is 2.39. The number of rotatable bonds is 2. The standard InChI is InChI=1S/C9H11N5O3/c10-7-3-6(14(16)17)4-8(12-7)13-2-1-11-9(15)5-13/h3-4H,1-2,5H2,(H2,10,12)(H,11,15). The Morgan fingerprint density at radius 2 is 2.29 bits per heavy atom. The molecule has 1 aliphatic heterocycles. The van der Waals surface area contributed by atoms with Gasteiger partial charge in [-0.1, -0.05) is 0 Å². The summed E-state index contributed by atoms with van der Waals surface area (Å²) < 4.78 is 0. The van der Waals surface area contributed by atoms with Gasteiger partial charge in [0.25, 0.3) is 5.69 Å². The van der Waals surface area contributed by atoms with Crippen molar-refractivity contribution in [2.75, 3.05) is 30.3 Å². The lowest BCUT2D eigenvalue weighted by molar-refractivity contribution is -0.384. The maximum absolute atomic E-state index is 11.2. The van der Waals surface area contributed by atoms with E-state index in [4.69, 9.17) is 5.73 Å². The van der Waals surface area contributed by atoms with E-state index >= 15 is 0 Å². The van der Waals surface area contributed by atoms with Crippen molar-refractivity contribution < 1.29 is 9.72 Å². The first kappa shape index (κ1) is 11.1. The lowest BCUT2D eigenvalue weighted by atomic mass is 10.3. The highest BCUT2D eigenvalue weighted by molar-refractivity contribution is 5.82. The van der Waals surface area contributed by atoms with Gasteiger partial charge < -0.3 is 16.0 Å². The molecule has 90 valence electrons. The number of hydrogen-bond acceptors (Lipinski definition) is 6. The first-order valence-corrected chi connectivity index (χ1v) is 5.00. The number of aromatic nitrogens is 1. The summed E-state index contributed by atoms with van der Waals surface area (Å²) in [7, 11) is 0. The number of nitrogen functional groups attached to an aromatic ring is 1. The summed E-state index contributed by atoms with van der Waals surface area (Å²) in [5.74, 6) is 0.287. The maximum Gasteiger partial charge on any atom is 0.276 e. The van der Waals surface area contributed by atoms with Crippen LogP contribution in [0, 0.1) is 10.1 Å². The molecule has 0 atom stereocenters. The van der Waals surface area contributed by atoms with Crippen molar-refractivity contribution >= 4 is 23.2 Å². The predicted octanol–water partition coefficient (Wildman–Crippen LogP) is -0.492. The van der Waals surface area contributed by atoms with E-state index in [1.165, 1.54) is 12.1 Å². The van der Waals surface area contributed by atoms with Crippen LogP contribution in [-0.2, 0) is 4.79 Å². The van der Waals surface area contributed by atoms with Crippen LogP contribution in [0.3, 0.4) is 0 Å². The van der Waals surface area contributed by atoms with Crippen molar-refractivity contribution in [3.63, 3.8) is 0 Å². The van der Waals surface area contributed by atoms with Gasteiger partial charge in [0.1, 0.15) is 11.6 Å². The van der Waals surface area contributed by atoms with Gasteiger partial charge in [-0.15, -0.1) is 0 Å². The zero-order valence-electron chi connectivity index (χ0n) is 8.92. The fourth-order valence-corrected chi connectivity index (χ4v) is 1.62. The van der Waals surface area contributed by atoms with E-state index in [0.29, 0.717) is 18.9 Å². The minimum Gasteiger partial charge on any atom is -0.383 e. The summed E-state index contributed by atoms with van der Waals surface area (Å²) in [5.41, 5.74) is 5.37. The number of nitro groups is 1. The molecule has 17 heavy (non-hydrogen) atoms. The summed E-state index contributed by atoms with van der Waals surface area (Å²) in [6, 6.07) is 2.50. The molecule has 1 fully saturated rings. The molecule has 0 bridgehead atoms. The topological polar surface area (TPSA) is 114 Å². The lowest BCUT2D eigenvalue weighted by Crippen LogP contribution is -2.48. The third kappa shape index (κ3) is 2.41. The smallest absolute Gasteiger partial charge is 0.276 e. The van der Waals surface area contributed by atoms with Gasteiger partial charge in [-0.25, -0.2) is 4.98 Å². The fraction of sp³-hybridized carbons (Fsp3) is 0.333. The Labute approximate surface area is 96.6 Å². The number of carbonyl (C=O) groups excluding carboxylic acids is 1. The second kappa shape index (κ2) is 4.24. The number of pyridine rings is 1. The van der Waals surface area contributed by atoms with Crippen molar-refractivity contribution in [1.82, 2.24) is 10.3 Å². The minimum atomic E-state index is -0.536. The van der Waals surface area contributed by atoms with E-state index in [-0.39, 0.29) is 24.0 Å². The Hall–Kier alpha value is -2.38. The van der Waals surface area contributed by atoms with Gasteiger partial charge in [0.2, 0.25) is 5.91 Å². The second-order valence-electron chi connectivity index (χ2n) is 3.64. The highest BCUT2D eigenvalue weighted by Gasteiger charge is 2.20. The van der Waals surface area contributed by atoms with Gasteiger partial charge in [0.05, 0.1) is 23.6 Å². The molecular formula is C9H11N5O3. The molecular weight excluding hydrogens is 226 g/mol. The Morgan fingerprint density at radius 3 is 2.94 bits per heavy atom. The molecule has 0 aromatic carbocycles. The summed E-state index contributed by atoms with van der Waals surface area (Å²) >= 11 is 0. The normalized spacial score (nSPS) is 15.5. The van der Waals surface area contributed by atoms with Gasteiger partial charge >= 0.3 is 0 Å². The Kier molecular flexibility index (Phi) is 2.77. The number of nitrogens with two attached hydrogens (primary N) is 1. The summed E-state index contributed by atoms with van der Waals surface area (Å²) in [5, 5.41) is 13.3. The van der Waals surface area contributed by atoms with Crippen LogP contribution in [0.15, 0.2) is 12.1 Å². The van der Waals surface area contributed by atoms with Crippen LogP contribution < -0.4 is 16.0 Å². The Balaban J connectivity index is 2.31. The molecule has 1 aromatic rings. The first-order chi connectivity index (χ1) is 8.06. The Bertz CT molecular complexity index is 476. The molecule has 0 unspecified atom stereocenters. The molecule has 0 saturated carbocycles. The average Bonchev–Trinajstić information content (AvgIpc) is 2.28. The van der Waals surface area contributed by atoms with Gasteiger partial charge in [-0.3, -0.25) is 14.9 Å². The number of piperazine rings is 1. The number of hydrogen-bond donors (Lipinski definition) is 2. The summed E-state index contributed by atoms with van der Waals surface area (Å²) in [4.78, 5) is 27.0. The van der Waals surface area contributed by atoms with E-state index in [9.17, 15) is 14.9 Å². The molecule has 1 aliphatic rings. The molecule has 2 rings (SSSR count). The summed E-state index contributed by atoms with van der Waals surface area (Å²) in [6.07, 6.45) is 0.